The number of methoxy groups -OCH3 is 1. The Morgan fingerprint density at radius 1 is 1.00 bits per heavy atom. The van der Waals surface area contributed by atoms with Gasteiger partial charge in [0.1, 0.15) is 11.6 Å². The van der Waals surface area contributed by atoms with Crippen molar-refractivity contribution >= 4 is 23.3 Å². The molecule has 152 valence electrons. The van der Waals surface area contributed by atoms with Crippen LogP contribution in [0.1, 0.15) is 10.4 Å². The van der Waals surface area contributed by atoms with Crippen LogP contribution < -0.4 is 15.0 Å². The monoisotopic (exact) mass is 399 g/mol. The van der Waals surface area contributed by atoms with Gasteiger partial charge in [0.15, 0.2) is 0 Å². The number of carbonyl (C=O) groups excluding carboxylic acids is 3. The van der Waals surface area contributed by atoms with E-state index in [1.54, 1.807) is 12.0 Å². The molecule has 1 fully saturated rings. The second kappa shape index (κ2) is 9.18. The summed E-state index contributed by atoms with van der Waals surface area (Å²) in [7, 11) is 1.61. The highest BCUT2D eigenvalue weighted by Crippen LogP contribution is 2.20. The van der Waals surface area contributed by atoms with Crippen molar-refractivity contribution in [2.75, 3.05) is 44.7 Å². The lowest BCUT2D eigenvalue weighted by Gasteiger charge is -2.36. The molecule has 1 heterocycles. The van der Waals surface area contributed by atoms with Gasteiger partial charge in [0.25, 0.3) is 11.7 Å². The summed E-state index contributed by atoms with van der Waals surface area (Å²) in [5.74, 6) is -2.27. The van der Waals surface area contributed by atoms with Crippen LogP contribution in [0.15, 0.2) is 48.5 Å². The predicted octanol–water partition coefficient (Wildman–Crippen LogP) is 1.48. The first kappa shape index (κ1) is 20.3. The Morgan fingerprint density at radius 3 is 2.28 bits per heavy atom. The van der Waals surface area contributed by atoms with Gasteiger partial charge >= 0.3 is 0 Å². The van der Waals surface area contributed by atoms with Crippen LogP contribution in [0.25, 0.3) is 0 Å². The minimum Gasteiger partial charge on any atom is -0.497 e. The molecule has 0 spiro atoms. The van der Waals surface area contributed by atoms with Crippen molar-refractivity contribution in [3.05, 3.63) is 59.9 Å². The third-order valence-electron chi connectivity index (χ3n) is 4.79. The number of hydrogen-bond acceptors (Lipinski definition) is 5. The quantitative estimate of drug-likeness (QED) is 0.588. The van der Waals surface area contributed by atoms with Gasteiger partial charge in [0, 0.05) is 31.9 Å². The Hall–Kier alpha value is -3.42. The van der Waals surface area contributed by atoms with Crippen LogP contribution in [0.3, 0.4) is 0 Å². The molecule has 3 rings (SSSR count). The minimum absolute atomic E-state index is 0.283. The van der Waals surface area contributed by atoms with Gasteiger partial charge in [0.2, 0.25) is 5.91 Å². The average molecular weight is 399 g/mol. The molecule has 0 saturated carbocycles. The van der Waals surface area contributed by atoms with Gasteiger partial charge < -0.3 is 19.9 Å². The van der Waals surface area contributed by atoms with E-state index in [0.29, 0.717) is 26.2 Å². The van der Waals surface area contributed by atoms with Gasteiger partial charge in [-0.3, -0.25) is 14.4 Å². The Labute approximate surface area is 168 Å². The van der Waals surface area contributed by atoms with Crippen LogP contribution in [0, 0.1) is 5.82 Å². The Balaban J connectivity index is 1.47. The van der Waals surface area contributed by atoms with E-state index in [1.807, 2.05) is 24.3 Å². The van der Waals surface area contributed by atoms with Crippen molar-refractivity contribution in [1.82, 2.24) is 10.2 Å². The van der Waals surface area contributed by atoms with E-state index >= 15 is 0 Å². The van der Waals surface area contributed by atoms with Crippen LogP contribution in [0.5, 0.6) is 5.75 Å². The van der Waals surface area contributed by atoms with Crippen LogP contribution in [-0.2, 0) is 9.59 Å². The molecule has 2 amide bonds. The summed E-state index contributed by atoms with van der Waals surface area (Å²) in [6.07, 6.45) is 0. The molecule has 1 N–H and O–H groups in total. The van der Waals surface area contributed by atoms with Crippen LogP contribution in [-0.4, -0.2) is 62.3 Å². The zero-order valence-electron chi connectivity index (χ0n) is 16.1. The minimum atomic E-state index is -1.000. The predicted molar refractivity (Wildman–Crippen MR) is 106 cm³/mol. The zero-order chi connectivity index (χ0) is 20.8. The summed E-state index contributed by atoms with van der Waals surface area (Å²) in [6.45, 7) is 2.01. The number of nitrogens with zero attached hydrogens (tertiary/aromatic N) is 2. The number of nitrogens with one attached hydrogen (secondary N) is 1. The van der Waals surface area contributed by atoms with Crippen molar-refractivity contribution in [3.8, 4) is 5.75 Å². The summed E-state index contributed by atoms with van der Waals surface area (Å²) in [6, 6.07) is 12.9. The Kier molecular flexibility index (Phi) is 6.43. The first-order valence-corrected chi connectivity index (χ1v) is 9.23. The van der Waals surface area contributed by atoms with Crippen molar-refractivity contribution in [2.45, 2.75) is 0 Å². The molecule has 7 nitrogen and oxygen atoms in total. The number of anilines is 1. The molecule has 0 bridgehead atoms. The molecular formula is C21H22FN3O4. The summed E-state index contributed by atoms with van der Waals surface area (Å²) in [4.78, 5) is 40.1. The van der Waals surface area contributed by atoms with E-state index in [0.717, 1.165) is 17.5 Å². The fraction of sp³-hybridized carbons (Fsp3) is 0.286. The summed E-state index contributed by atoms with van der Waals surface area (Å²) in [5.41, 5.74) is 0.729. The number of rotatable bonds is 6. The number of carbonyl (C=O) groups is 3. The average Bonchev–Trinajstić information content (AvgIpc) is 2.77. The smallest absolute Gasteiger partial charge is 0.292 e. The third-order valence-corrected chi connectivity index (χ3v) is 4.79. The Bertz CT molecular complexity index is 893. The molecule has 0 aliphatic carbocycles. The molecule has 8 heteroatoms. The molecule has 0 unspecified atom stereocenters. The number of piperazine rings is 1. The van der Waals surface area contributed by atoms with Gasteiger partial charge in [-0.1, -0.05) is 12.1 Å². The standard InChI is InChI=1S/C21H22FN3O4/c1-29-16-8-6-15(7-9-16)24-10-12-25(13-11-24)19(26)14-23-21(28)20(27)17-4-2-3-5-18(17)22/h2-9H,10-14H2,1H3,(H,23,28). The van der Waals surface area contributed by atoms with E-state index in [4.69, 9.17) is 4.74 Å². The molecule has 0 atom stereocenters. The van der Waals surface area contributed by atoms with Gasteiger partial charge in [-0.05, 0) is 36.4 Å². The summed E-state index contributed by atoms with van der Waals surface area (Å²) < 4.78 is 18.8. The molecule has 1 aliphatic heterocycles. The highest BCUT2D eigenvalue weighted by atomic mass is 19.1. The van der Waals surface area contributed by atoms with Crippen molar-refractivity contribution in [3.63, 3.8) is 0 Å². The zero-order valence-corrected chi connectivity index (χ0v) is 16.1. The largest absolute Gasteiger partial charge is 0.497 e. The molecule has 2 aromatic rings. The lowest BCUT2D eigenvalue weighted by Crippen LogP contribution is -2.51. The summed E-state index contributed by atoms with van der Waals surface area (Å²) in [5, 5.41) is 2.29. The number of ether oxygens (including phenoxy) is 1. The first-order chi connectivity index (χ1) is 14.0. The molecular weight excluding hydrogens is 377 g/mol. The van der Waals surface area contributed by atoms with Gasteiger partial charge in [-0.2, -0.15) is 0 Å². The maximum Gasteiger partial charge on any atom is 0.292 e. The lowest BCUT2D eigenvalue weighted by molar-refractivity contribution is -0.132. The van der Waals surface area contributed by atoms with Gasteiger partial charge in [-0.25, -0.2) is 4.39 Å². The van der Waals surface area contributed by atoms with Gasteiger partial charge in [0.05, 0.1) is 19.2 Å². The fourth-order valence-corrected chi connectivity index (χ4v) is 3.12. The molecule has 2 aromatic carbocycles. The second-order valence-corrected chi connectivity index (χ2v) is 6.56. The second-order valence-electron chi connectivity index (χ2n) is 6.56. The van der Waals surface area contributed by atoms with E-state index in [1.165, 1.54) is 18.2 Å². The molecule has 0 radical (unpaired) electrons. The SMILES string of the molecule is COc1ccc(N2CCN(C(=O)CNC(=O)C(=O)c3ccccc3F)CC2)cc1. The number of ketones is 1. The third kappa shape index (κ3) is 4.90. The molecule has 1 saturated heterocycles. The number of amides is 2. The maximum atomic E-state index is 13.6. The maximum absolute atomic E-state index is 13.6. The fourth-order valence-electron chi connectivity index (χ4n) is 3.12. The highest BCUT2D eigenvalue weighted by molar-refractivity contribution is 6.43. The van der Waals surface area contributed by atoms with E-state index in [-0.39, 0.29) is 18.0 Å². The Morgan fingerprint density at radius 2 is 1.66 bits per heavy atom. The molecule has 29 heavy (non-hydrogen) atoms. The topological polar surface area (TPSA) is 79.0 Å². The van der Waals surface area contributed by atoms with Crippen LogP contribution in [0.4, 0.5) is 10.1 Å². The number of benzene rings is 2. The summed E-state index contributed by atoms with van der Waals surface area (Å²) >= 11 is 0. The number of hydrogen-bond donors (Lipinski definition) is 1. The van der Waals surface area contributed by atoms with Crippen LogP contribution >= 0.6 is 0 Å². The number of Topliss-reactive ketones (excluding diaryl/α,β-unsaturated/α-hetero) is 1. The first-order valence-electron chi connectivity index (χ1n) is 9.23. The number of halogens is 1. The van der Waals surface area contributed by atoms with Crippen molar-refractivity contribution < 1.29 is 23.5 Å². The van der Waals surface area contributed by atoms with Crippen molar-refractivity contribution in [2.24, 2.45) is 0 Å². The van der Waals surface area contributed by atoms with Crippen LogP contribution in [0.2, 0.25) is 0 Å². The van der Waals surface area contributed by atoms with E-state index < -0.39 is 17.5 Å². The van der Waals surface area contributed by atoms with Gasteiger partial charge in [-0.15, -0.1) is 0 Å². The molecule has 1 aliphatic rings. The lowest BCUT2D eigenvalue weighted by atomic mass is 10.1. The van der Waals surface area contributed by atoms with Crippen molar-refractivity contribution in [1.29, 1.82) is 0 Å². The molecule has 0 aromatic heterocycles. The highest BCUT2D eigenvalue weighted by Gasteiger charge is 2.24. The van der Waals surface area contributed by atoms with E-state index in [9.17, 15) is 18.8 Å². The normalized spacial score (nSPS) is 13.7. The van der Waals surface area contributed by atoms with E-state index in [2.05, 4.69) is 10.2 Å².